The normalized spacial score (nSPS) is 10.2. The average molecular weight is 403 g/mol. The molecule has 3 aromatic rings. The van der Waals surface area contributed by atoms with Crippen molar-refractivity contribution in [1.29, 1.82) is 0 Å². The molecule has 0 atom stereocenters. The molecular formula is C24H25N3O3. The van der Waals surface area contributed by atoms with Crippen LogP contribution in [-0.2, 0) is 11.3 Å². The molecule has 154 valence electrons. The lowest BCUT2D eigenvalue weighted by Crippen LogP contribution is -2.26. The van der Waals surface area contributed by atoms with E-state index in [1.807, 2.05) is 49.4 Å². The minimum Gasteiger partial charge on any atom is -0.497 e. The molecule has 0 saturated heterocycles. The summed E-state index contributed by atoms with van der Waals surface area (Å²) < 4.78 is 5.18. The van der Waals surface area contributed by atoms with Crippen LogP contribution >= 0.6 is 0 Å². The number of ether oxygens (including phenoxy) is 1. The molecule has 0 spiro atoms. The highest BCUT2D eigenvalue weighted by atomic mass is 16.5. The third-order valence-electron chi connectivity index (χ3n) is 4.54. The van der Waals surface area contributed by atoms with Crippen LogP contribution in [0, 0.1) is 6.92 Å². The van der Waals surface area contributed by atoms with E-state index in [1.165, 1.54) is 5.56 Å². The van der Waals surface area contributed by atoms with Crippen LogP contribution in [0.4, 0.5) is 11.4 Å². The van der Waals surface area contributed by atoms with Crippen LogP contribution in [0.1, 0.15) is 21.5 Å². The van der Waals surface area contributed by atoms with Crippen LogP contribution in [0.3, 0.4) is 0 Å². The van der Waals surface area contributed by atoms with Crippen LogP contribution < -0.4 is 20.7 Å². The molecule has 2 amide bonds. The molecule has 0 unspecified atom stereocenters. The van der Waals surface area contributed by atoms with Gasteiger partial charge in [-0.2, -0.15) is 0 Å². The molecule has 0 saturated carbocycles. The predicted molar refractivity (Wildman–Crippen MR) is 119 cm³/mol. The van der Waals surface area contributed by atoms with E-state index < -0.39 is 0 Å². The molecule has 3 rings (SSSR count). The van der Waals surface area contributed by atoms with Crippen molar-refractivity contribution in [2.45, 2.75) is 13.5 Å². The molecule has 3 aromatic carbocycles. The first-order valence-electron chi connectivity index (χ1n) is 9.65. The van der Waals surface area contributed by atoms with E-state index in [2.05, 4.69) is 16.0 Å². The highest BCUT2D eigenvalue weighted by Crippen LogP contribution is 2.17. The number of nitrogens with one attached hydrogen (secondary N) is 3. The number of aryl methyl sites for hydroxylation is 1. The summed E-state index contributed by atoms with van der Waals surface area (Å²) in [5.41, 5.74) is 3.84. The van der Waals surface area contributed by atoms with Gasteiger partial charge >= 0.3 is 0 Å². The number of carbonyl (C=O) groups excluding carboxylic acids is 2. The number of rotatable bonds is 8. The molecule has 6 nitrogen and oxygen atoms in total. The maximum atomic E-state index is 12.6. The SMILES string of the molecule is COc1cccc(NCC(=O)Nc2ccccc2C(=O)NCc2ccc(C)cc2)c1. The van der Waals surface area contributed by atoms with Gasteiger partial charge in [0.25, 0.3) is 5.91 Å². The Bertz CT molecular complexity index is 1020. The van der Waals surface area contributed by atoms with Crippen molar-refractivity contribution in [3.05, 3.63) is 89.5 Å². The zero-order valence-corrected chi connectivity index (χ0v) is 17.1. The Hall–Kier alpha value is -3.80. The van der Waals surface area contributed by atoms with Gasteiger partial charge in [-0.15, -0.1) is 0 Å². The van der Waals surface area contributed by atoms with E-state index >= 15 is 0 Å². The Kier molecular flexibility index (Phi) is 7.05. The Morgan fingerprint density at radius 3 is 2.47 bits per heavy atom. The largest absolute Gasteiger partial charge is 0.497 e. The fourth-order valence-corrected chi connectivity index (χ4v) is 2.88. The number of benzene rings is 3. The highest BCUT2D eigenvalue weighted by molar-refractivity contribution is 6.04. The molecule has 0 aliphatic heterocycles. The van der Waals surface area contributed by atoms with E-state index in [1.54, 1.807) is 37.4 Å². The van der Waals surface area contributed by atoms with Crippen LogP contribution in [0.25, 0.3) is 0 Å². The summed E-state index contributed by atoms with van der Waals surface area (Å²) >= 11 is 0. The van der Waals surface area contributed by atoms with Crippen molar-refractivity contribution in [3.63, 3.8) is 0 Å². The number of anilines is 2. The van der Waals surface area contributed by atoms with Gasteiger partial charge in [-0.25, -0.2) is 0 Å². The number of carbonyl (C=O) groups is 2. The van der Waals surface area contributed by atoms with Crippen LogP contribution in [-0.4, -0.2) is 25.5 Å². The first-order valence-corrected chi connectivity index (χ1v) is 9.65. The Labute approximate surface area is 176 Å². The summed E-state index contributed by atoms with van der Waals surface area (Å²) in [5, 5.41) is 8.75. The maximum Gasteiger partial charge on any atom is 0.253 e. The predicted octanol–water partition coefficient (Wildman–Crippen LogP) is 3.98. The number of para-hydroxylation sites is 1. The van der Waals surface area contributed by atoms with Gasteiger partial charge in [0.05, 0.1) is 24.9 Å². The molecule has 0 radical (unpaired) electrons. The molecule has 6 heteroatoms. The zero-order valence-electron chi connectivity index (χ0n) is 17.1. The molecule has 0 aliphatic carbocycles. The van der Waals surface area contributed by atoms with Gasteiger partial charge in [0.15, 0.2) is 0 Å². The lowest BCUT2D eigenvalue weighted by Gasteiger charge is -2.13. The fourth-order valence-electron chi connectivity index (χ4n) is 2.88. The monoisotopic (exact) mass is 403 g/mol. The minimum atomic E-state index is -0.253. The number of hydrogen-bond donors (Lipinski definition) is 3. The second kappa shape index (κ2) is 10.1. The van der Waals surface area contributed by atoms with E-state index in [0.717, 1.165) is 11.3 Å². The van der Waals surface area contributed by atoms with Crippen molar-refractivity contribution in [1.82, 2.24) is 5.32 Å². The van der Waals surface area contributed by atoms with Crippen molar-refractivity contribution in [2.75, 3.05) is 24.3 Å². The second-order valence-electron chi connectivity index (χ2n) is 6.85. The van der Waals surface area contributed by atoms with Gasteiger partial charge in [-0.1, -0.05) is 48.0 Å². The van der Waals surface area contributed by atoms with E-state index in [-0.39, 0.29) is 18.4 Å². The Morgan fingerprint density at radius 1 is 0.933 bits per heavy atom. The lowest BCUT2D eigenvalue weighted by atomic mass is 10.1. The summed E-state index contributed by atoms with van der Waals surface area (Å²) in [6, 6.07) is 22.2. The molecule has 0 heterocycles. The van der Waals surface area contributed by atoms with Gasteiger partial charge in [0, 0.05) is 18.3 Å². The van der Waals surface area contributed by atoms with Crippen molar-refractivity contribution < 1.29 is 14.3 Å². The van der Waals surface area contributed by atoms with Crippen LogP contribution in [0.15, 0.2) is 72.8 Å². The third kappa shape index (κ3) is 5.85. The van der Waals surface area contributed by atoms with Crippen LogP contribution in [0.5, 0.6) is 5.75 Å². The lowest BCUT2D eigenvalue weighted by molar-refractivity contribution is -0.114. The Balaban J connectivity index is 1.58. The molecular weight excluding hydrogens is 378 g/mol. The zero-order chi connectivity index (χ0) is 21.3. The number of hydrogen-bond acceptors (Lipinski definition) is 4. The molecule has 30 heavy (non-hydrogen) atoms. The summed E-state index contributed by atoms with van der Waals surface area (Å²) in [5.74, 6) is 0.208. The standard InChI is InChI=1S/C24H25N3O3/c1-17-10-12-18(13-11-17)15-26-24(29)21-8-3-4-9-22(21)27-23(28)16-25-19-6-5-7-20(14-19)30-2/h3-14,25H,15-16H2,1-2H3,(H,26,29)(H,27,28). The maximum absolute atomic E-state index is 12.6. The molecule has 0 fully saturated rings. The summed E-state index contributed by atoms with van der Waals surface area (Å²) in [7, 11) is 1.59. The summed E-state index contributed by atoms with van der Waals surface area (Å²) in [4.78, 5) is 25.0. The molecule has 3 N–H and O–H groups in total. The van der Waals surface area contributed by atoms with Crippen molar-refractivity contribution in [2.24, 2.45) is 0 Å². The Morgan fingerprint density at radius 2 is 1.70 bits per heavy atom. The number of methoxy groups -OCH3 is 1. The van der Waals surface area contributed by atoms with Crippen molar-refractivity contribution >= 4 is 23.2 Å². The quantitative estimate of drug-likeness (QED) is 0.531. The van der Waals surface area contributed by atoms with Crippen molar-refractivity contribution in [3.8, 4) is 5.75 Å². The fraction of sp³-hybridized carbons (Fsp3) is 0.167. The molecule has 0 aromatic heterocycles. The second-order valence-corrected chi connectivity index (χ2v) is 6.85. The van der Waals surface area contributed by atoms with Gasteiger partial charge in [-0.3, -0.25) is 9.59 Å². The summed E-state index contributed by atoms with van der Waals surface area (Å²) in [6.07, 6.45) is 0. The first-order chi connectivity index (χ1) is 14.5. The smallest absolute Gasteiger partial charge is 0.253 e. The summed E-state index contributed by atoms with van der Waals surface area (Å²) in [6.45, 7) is 2.50. The number of amides is 2. The highest BCUT2D eigenvalue weighted by Gasteiger charge is 2.13. The third-order valence-corrected chi connectivity index (χ3v) is 4.54. The van der Waals surface area contributed by atoms with E-state index in [0.29, 0.717) is 23.5 Å². The van der Waals surface area contributed by atoms with Gasteiger partial charge in [0.1, 0.15) is 5.75 Å². The minimum absolute atomic E-state index is 0.0620. The van der Waals surface area contributed by atoms with Crippen LogP contribution in [0.2, 0.25) is 0 Å². The molecule has 0 aliphatic rings. The van der Waals surface area contributed by atoms with E-state index in [9.17, 15) is 9.59 Å². The molecule has 0 bridgehead atoms. The van der Waals surface area contributed by atoms with E-state index in [4.69, 9.17) is 4.74 Å². The van der Waals surface area contributed by atoms with Gasteiger partial charge in [-0.05, 0) is 36.8 Å². The van der Waals surface area contributed by atoms with Gasteiger partial charge in [0.2, 0.25) is 5.91 Å². The average Bonchev–Trinajstić information content (AvgIpc) is 2.77. The van der Waals surface area contributed by atoms with Gasteiger partial charge < -0.3 is 20.7 Å². The first kappa shape index (κ1) is 20.9. The topological polar surface area (TPSA) is 79.5 Å².